The summed E-state index contributed by atoms with van der Waals surface area (Å²) in [6, 6.07) is 17.6. The molecular weight excluding hydrogens is 346 g/mol. The van der Waals surface area contributed by atoms with Gasteiger partial charge in [0.1, 0.15) is 0 Å². The average molecular weight is 372 g/mol. The van der Waals surface area contributed by atoms with Crippen molar-refractivity contribution in [3.05, 3.63) is 65.7 Å². The second-order valence-electron chi connectivity index (χ2n) is 7.18. The fourth-order valence-electron chi connectivity index (χ4n) is 4.32. The number of hydrogen-bond acceptors (Lipinski definition) is 3. The topological polar surface area (TPSA) is 46.6 Å². The molecule has 3 unspecified atom stereocenters. The van der Waals surface area contributed by atoms with Crippen LogP contribution < -0.4 is 0 Å². The normalized spacial score (nSPS) is 26.6. The number of benzene rings is 2. The molecule has 0 N–H and O–H groups in total. The Morgan fingerprint density at radius 1 is 1.08 bits per heavy atom. The Hall–Kier alpha value is -1.69. The summed E-state index contributed by atoms with van der Waals surface area (Å²) in [6.07, 6.45) is 1.67. The van der Waals surface area contributed by atoms with Crippen molar-refractivity contribution < 1.29 is 13.2 Å². The Morgan fingerprint density at radius 2 is 1.81 bits per heavy atom. The van der Waals surface area contributed by atoms with E-state index < -0.39 is 10.0 Å². The summed E-state index contributed by atoms with van der Waals surface area (Å²) in [6.45, 7) is 3.86. The third kappa shape index (κ3) is 3.08. The lowest BCUT2D eigenvalue weighted by Crippen LogP contribution is -2.42. The molecule has 2 fully saturated rings. The van der Waals surface area contributed by atoms with Gasteiger partial charge in [0.05, 0.1) is 11.5 Å². The predicted molar refractivity (Wildman–Crippen MR) is 102 cm³/mol. The third-order valence-electron chi connectivity index (χ3n) is 5.79. The van der Waals surface area contributed by atoms with Crippen LogP contribution in [-0.2, 0) is 21.2 Å². The van der Waals surface area contributed by atoms with Crippen molar-refractivity contribution in [2.24, 2.45) is 5.92 Å². The molecule has 2 saturated heterocycles. The number of hydrogen-bond donors (Lipinski definition) is 0. The van der Waals surface area contributed by atoms with Gasteiger partial charge in [-0.2, -0.15) is 4.31 Å². The van der Waals surface area contributed by atoms with Crippen LogP contribution in [0.3, 0.4) is 0 Å². The second kappa shape index (κ2) is 7.14. The number of nitrogens with zero attached hydrogens (tertiary/aromatic N) is 1. The highest BCUT2D eigenvalue weighted by atomic mass is 32.2. The Morgan fingerprint density at radius 3 is 2.50 bits per heavy atom. The number of fused-ring (bicyclic) bond motifs is 1. The predicted octanol–water partition coefficient (Wildman–Crippen LogP) is 3.44. The number of rotatable bonds is 4. The minimum absolute atomic E-state index is 0.0183. The van der Waals surface area contributed by atoms with Gasteiger partial charge in [0.2, 0.25) is 10.0 Å². The lowest BCUT2D eigenvalue weighted by Gasteiger charge is -2.32. The van der Waals surface area contributed by atoms with Crippen molar-refractivity contribution in [2.45, 2.75) is 36.6 Å². The zero-order chi connectivity index (χ0) is 18.1. The van der Waals surface area contributed by atoms with Gasteiger partial charge in [0.15, 0.2) is 0 Å². The van der Waals surface area contributed by atoms with Gasteiger partial charge in [-0.15, -0.1) is 0 Å². The molecule has 4 rings (SSSR count). The highest BCUT2D eigenvalue weighted by Crippen LogP contribution is 2.43. The maximum absolute atomic E-state index is 13.4. The van der Waals surface area contributed by atoms with E-state index in [0.717, 1.165) is 18.4 Å². The van der Waals surface area contributed by atoms with Crippen molar-refractivity contribution >= 4 is 10.0 Å². The van der Waals surface area contributed by atoms with Gasteiger partial charge >= 0.3 is 0 Å². The summed E-state index contributed by atoms with van der Waals surface area (Å²) in [5, 5.41) is 0. The molecule has 5 heteroatoms. The van der Waals surface area contributed by atoms with Crippen LogP contribution in [-0.4, -0.2) is 38.5 Å². The van der Waals surface area contributed by atoms with E-state index in [1.54, 1.807) is 16.4 Å². The van der Waals surface area contributed by atoms with Crippen LogP contribution in [0.25, 0.3) is 0 Å². The standard InChI is InChI=1S/C21H25NO3S/c1-2-16-8-10-18(11-9-16)26(23,24)22-14-19(17-6-4-3-5-7-17)20-15-25-13-12-21(20)22/h3-11,19-21H,2,12-15H2,1H3. The van der Waals surface area contributed by atoms with Crippen molar-refractivity contribution in [3.8, 4) is 0 Å². The van der Waals surface area contributed by atoms with Gasteiger partial charge < -0.3 is 4.74 Å². The van der Waals surface area contributed by atoms with E-state index in [1.807, 2.05) is 30.3 Å². The van der Waals surface area contributed by atoms with E-state index in [0.29, 0.717) is 24.7 Å². The zero-order valence-corrected chi connectivity index (χ0v) is 15.9. The van der Waals surface area contributed by atoms with E-state index in [-0.39, 0.29) is 17.9 Å². The molecule has 2 aliphatic heterocycles. The zero-order valence-electron chi connectivity index (χ0n) is 15.0. The molecule has 138 valence electrons. The van der Waals surface area contributed by atoms with Crippen LogP contribution in [0, 0.1) is 5.92 Å². The summed E-state index contributed by atoms with van der Waals surface area (Å²) in [7, 11) is -3.50. The van der Waals surface area contributed by atoms with Crippen molar-refractivity contribution in [1.82, 2.24) is 4.31 Å². The molecule has 3 atom stereocenters. The summed E-state index contributed by atoms with van der Waals surface area (Å²) in [5.74, 6) is 0.405. The molecule has 26 heavy (non-hydrogen) atoms. The highest BCUT2D eigenvalue weighted by Gasteiger charge is 2.48. The van der Waals surface area contributed by atoms with Gasteiger partial charge in [0, 0.05) is 31.0 Å². The first-order chi connectivity index (χ1) is 12.6. The lowest BCUT2D eigenvalue weighted by atomic mass is 9.84. The van der Waals surface area contributed by atoms with Gasteiger partial charge in [-0.1, -0.05) is 49.4 Å². The van der Waals surface area contributed by atoms with Crippen LogP contribution in [0.2, 0.25) is 0 Å². The van der Waals surface area contributed by atoms with Gasteiger partial charge in [0.25, 0.3) is 0 Å². The number of aryl methyl sites for hydroxylation is 1. The van der Waals surface area contributed by atoms with Crippen molar-refractivity contribution in [3.63, 3.8) is 0 Å². The van der Waals surface area contributed by atoms with E-state index >= 15 is 0 Å². The highest BCUT2D eigenvalue weighted by molar-refractivity contribution is 7.89. The Bertz CT molecular complexity index is 849. The number of ether oxygens (including phenoxy) is 1. The average Bonchev–Trinajstić information content (AvgIpc) is 3.09. The summed E-state index contributed by atoms with van der Waals surface area (Å²) >= 11 is 0. The molecule has 0 radical (unpaired) electrons. The largest absolute Gasteiger partial charge is 0.381 e. The SMILES string of the molecule is CCc1ccc(S(=O)(=O)N2CC(c3ccccc3)C3COCCC32)cc1. The molecule has 0 bridgehead atoms. The van der Waals surface area contributed by atoms with Crippen LogP contribution in [0.15, 0.2) is 59.5 Å². The Kier molecular flexibility index (Phi) is 4.86. The van der Waals surface area contributed by atoms with E-state index in [9.17, 15) is 8.42 Å². The summed E-state index contributed by atoms with van der Waals surface area (Å²) in [4.78, 5) is 0.397. The maximum atomic E-state index is 13.4. The lowest BCUT2D eigenvalue weighted by molar-refractivity contribution is 0.0323. The Labute approximate surface area is 155 Å². The molecule has 2 aliphatic rings. The van der Waals surface area contributed by atoms with Gasteiger partial charge in [-0.3, -0.25) is 0 Å². The van der Waals surface area contributed by atoms with Crippen LogP contribution in [0.5, 0.6) is 0 Å². The molecule has 0 saturated carbocycles. The van der Waals surface area contributed by atoms with E-state index in [1.165, 1.54) is 5.56 Å². The fourth-order valence-corrected chi connectivity index (χ4v) is 6.04. The minimum Gasteiger partial charge on any atom is -0.381 e. The first kappa shape index (κ1) is 17.7. The second-order valence-corrected chi connectivity index (χ2v) is 9.07. The first-order valence-electron chi connectivity index (χ1n) is 9.34. The molecule has 0 aromatic heterocycles. The molecular formula is C21H25NO3S. The third-order valence-corrected chi connectivity index (χ3v) is 7.70. The molecule has 0 aliphatic carbocycles. The van der Waals surface area contributed by atoms with Crippen LogP contribution in [0.4, 0.5) is 0 Å². The quantitative estimate of drug-likeness (QED) is 0.827. The first-order valence-corrected chi connectivity index (χ1v) is 10.8. The summed E-state index contributed by atoms with van der Waals surface area (Å²) in [5.41, 5.74) is 2.35. The van der Waals surface area contributed by atoms with E-state index in [4.69, 9.17) is 4.74 Å². The fraction of sp³-hybridized carbons (Fsp3) is 0.429. The van der Waals surface area contributed by atoms with Crippen molar-refractivity contribution in [2.75, 3.05) is 19.8 Å². The maximum Gasteiger partial charge on any atom is 0.243 e. The Balaban J connectivity index is 1.68. The monoisotopic (exact) mass is 371 g/mol. The van der Waals surface area contributed by atoms with Gasteiger partial charge in [-0.25, -0.2) is 8.42 Å². The molecule has 2 aromatic rings. The molecule has 2 aromatic carbocycles. The van der Waals surface area contributed by atoms with Crippen LogP contribution >= 0.6 is 0 Å². The number of sulfonamides is 1. The molecule has 0 amide bonds. The molecule has 2 heterocycles. The molecule has 4 nitrogen and oxygen atoms in total. The van der Waals surface area contributed by atoms with Gasteiger partial charge in [-0.05, 0) is 36.1 Å². The summed E-state index contributed by atoms with van der Waals surface area (Å²) < 4.78 is 34.1. The minimum atomic E-state index is -3.50. The van der Waals surface area contributed by atoms with Crippen LogP contribution in [0.1, 0.15) is 30.4 Å². The smallest absolute Gasteiger partial charge is 0.243 e. The molecule has 0 spiro atoms. The van der Waals surface area contributed by atoms with E-state index in [2.05, 4.69) is 19.1 Å². The van der Waals surface area contributed by atoms with Crippen molar-refractivity contribution in [1.29, 1.82) is 0 Å².